The Morgan fingerprint density at radius 3 is 2.21 bits per heavy atom. The minimum atomic E-state index is -3.10. The number of hydrogen-bond donors (Lipinski definition) is 5. The molecule has 11 heteroatoms. The van der Waals surface area contributed by atoms with Crippen molar-refractivity contribution in [2.45, 2.75) is 30.3 Å². The van der Waals surface area contributed by atoms with E-state index >= 15 is 0 Å². The van der Waals surface area contributed by atoms with Crippen molar-refractivity contribution in [3.63, 3.8) is 0 Å². The van der Waals surface area contributed by atoms with Gasteiger partial charge in [0.1, 0.15) is 5.75 Å². The first kappa shape index (κ1) is 23.2. The number of amides is 1. The number of likely N-dealkylation sites (N-methyl/N-ethyl adjacent to an activating group) is 1. The highest BCUT2D eigenvalue weighted by Gasteiger charge is 2.74. The lowest BCUT2D eigenvalue weighted by atomic mass is 9.48. The van der Waals surface area contributed by atoms with Gasteiger partial charge < -0.3 is 26.2 Å². The molecule has 6 N–H and O–H groups in total. The van der Waals surface area contributed by atoms with Crippen LogP contribution in [0.15, 0.2) is 18.2 Å². The highest BCUT2D eigenvalue weighted by molar-refractivity contribution is 6.32. The van der Waals surface area contributed by atoms with Crippen LogP contribution in [-0.4, -0.2) is 86.2 Å². The molecule has 0 aromatic heterocycles. The van der Waals surface area contributed by atoms with Crippen molar-refractivity contribution in [3.05, 3.63) is 29.3 Å². The number of nitrogens with zero attached hydrogens (tertiary/aromatic N) is 1. The normalized spacial score (nSPS) is 40.3. The number of Topliss-reactive ketones (excluding diaryl/α,β-unsaturated/α-hetero) is 4. The third kappa shape index (κ3) is 2.67. The zero-order valence-electron chi connectivity index (χ0n) is 18.1. The van der Waals surface area contributed by atoms with Crippen molar-refractivity contribution in [1.29, 1.82) is 0 Å². The second-order valence-electron chi connectivity index (χ2n) is 9.37. The molecule has 11 nitrogen and oxygen atoms in total. The number of fused-ring (bicyclic) bond motifs is 3. The second kappa shape index (κ2) is 7.00. The van der Waals surface area contributed by atoms with E-state index in [-0.39, 0.29) is 11.1 Å². The summed E-state index contributed by atoms with van der Waals surface area (Å²) in [5, 5.41) is 44.5. The summed E-state index contributed by atoms with van der Waals surface area (Å²) in [6, 6.07) is 2.40. The van der Waals surface area contributed by atoms with Crippen molar-refractivity contribution >= 4 is 29.0 Å². The average Bonchev–Trinajstić information content (AvgIpc) is 2.70. The molecule has 0 spiro atoms. The van der Waals surface area contributed by atoms with Crippen LogP contribution in [0.5, 0.6) is 5.75 Å². The summed E-state index contributed by atoms with van der Waals surface area (Å²) >= 11 is 0. The number of carbonyl (C=O) groups is 5. The molecular weight excluding hydrogens is 436 g/mol. The van der Waals surface area contributed by atoms with E-state index in [2.05, 4.69) is 0 Å². The lowest BCUT2D eigenvalue weighted by Gasteiger charge is -2.57. The number of aliphatic hydroxyl groups is 3. The van der Waals surface area contributed by atoms with Gasteiger partial charge in [-0.2, -0.15) is 0 Å². The van der Waals surface area contributed by atoms with Crippen molar-refractivity contribution < 1.29 is 44.4 Å². The van der Waals surface area contributed by atoms with Crippen LogP contribution in [0, 0.1) is 23.7 Å². The number of phenolic OH excluding ortho intramolecular Hbond substituents is 1. The van der Waals surface area contributed by atoms with Crippen LogP contribution < -0.4 is 5.73 Å². The first-order valence-corrected chi connectivity index (χ1v) is 10.3. The monoisotopic (exact) mass is 460 g/mol. The molecule has 0 aliphatic heterocycles. The van der Waals surface area contributed by atoms with Crippen LogP contribution in [0.4, 0.5) is 0 Å². The van der Waals surface area contributed by atoms with Crippen molar-refractivity contribution in [1.82, 2.24) is 4.90 Å². The largest absolute Gasteiger partial charge is 0.507 e. The summed E-state index contributed by atoms with van der Waals surface area (Å²) in [4.78, 5) is 66.4. The van der Waals surface area contributed by atoms with Gasteiger partial charge in [-0.15, -0.1) is 0 Å². The lowest BCUT2D eigenvalue weighted by Crippen LogP contribution is -2.78. The maximum absolute atomic E-state index is 13.7. The Hall–Kier alpha value is -2.99. The van der Waals surface area contributed by atoms with Crippen molar-refractivity contribution in [2.24, 2.45) is 29.4 Å². The number of hydrogen-bond acceptors (Lipinski definition) is 10. The smallest absolute Gasteiger partial charge is 0.235 e. The van der Waals surface area contributed by atoms with Crippen molar-refractivity contribution in [3.8, 4) is 5.75 Å². The number of carbonyl (C=O) groups excluding carboxylic acids is 5. The van der Waals surface area contributed by atoms with E-state index in [0.29, 0.717) is 0 Å². The van der Waals surface area contributed by atoms with E-state index in [1.807, 2.05) is 0 Å². The molecule has 2 unspecified atom stereocenters. The molecule has 1 amide bonds. The highest BCUT2D eigenvalue weighted by atomic mass is 16.3. The number of aromatic hydroxyl groups is 1. The van der Waals surface area contributed by atoms with Crippen LogP contribution >= 0.6 is 0 Å². The van der Waals surface area contributed by atoms with Crippen LogP contribution in [0.1, 0.15) is 22.8 Å². The SMILES string of the molecule is CN(C)[C@@H]1C(=O)C(C(N)=O)C(=O)[C@]2(O)C(=O)C3C(=O)c4c(O)cccc4[C@@](C)(O)[C@H]3[C@H](O)[C@@H]12. The minimum Gasteiger partial charge on any atom is -0.507 e. The van der Waals surface area contributed by atoms with Gasteiger partial charge in [-0.05, 0) is 32.6 Å². The molecule has 0 heterocycles. The Bertz CT molecular complexity index is 1130. The van der Waals surface area contributed by atoms with Crippen LogP contribution in [-0.2, 0) is 24.8 Å². The predicted molar refractivity (Wildman–Crippen MR) is 109 cm³/mol. The first-order valence-electron chi connectivity index (χ1n) is 10.3. The van der Waals surface area contributed by atoms with Gasteiger partial charge >= 0.3 is 0 Å². The topological polar surface area (TPSA) is 196 Å². The summed E-state index contributed by atoms with van der Waals surface area (Å²) in [5.74, 6) is -14.2. The van der Waals surface area contributed by atoms with E-state index in [0.717, 1.165) is 0 Å². The molecule has 2 saturated carbocycles. The summed E-state index contributed by atoms with van der Waals surface area (Å²) in [5.41, 5.74) is -0.350. The molecular formula is C22H24N2O9. The zero-order chi connectivity index (χ0) is 24.8. The first-order chi connectivity index (χ1) is 15.2. The van der Waals surface area contributed by atoms with E-state index in [1.54, 1.807) is 0 Å². The molecule has 8 atom stereocenters. The second-order valence-corrected chi connectivity index (χ2v) is 9.37. The van der Waals surface area contributed by atoms with Gasteiger partial charge in [0.25, 0.3) is 0 Å². The maximum Gasteiger partial charge on any atom is 0.235 e. The molecule has 0 bridgehead atoms. The summed E-state index contributed by atoms with van der Waals surface area (Å²) < 4.78 is 0. The quantitative estimate of drug-likeness (QED) is 0.294. The molecule has 33 heavy (non-hydrogen) atoms. The van der Waals surface area contributed by atoms with E-state index in [4.69, 9.17) is 5.73 Å². The van der Waals surface area contributed by atoms with Gasteiger partial charge in [0.2, 0.25) is 5.91 Å². The highest BCUT2D eigenvalue weighted by Crippen LogP contribution is 2.55. The van der Waals surface area contributed by atoms with Gasteiger partial charge in [0.05, 0.1) is 35.1 Å². The molecule has 1 aromatic rings. The fourth-order valence-corrected chi connectivity index (χ4v) is 5.97. The standard InChI is InChI=1S/C22H24N2O9/c1-21(32)7-5-4-6-8(25)9(7)15(26)10-12(21)17(28)13-14(24(2)3)16(27)11(20(23)31)19(30)22(13,33)18(10)29/h4-6,10-14,17,25,28,32-33H,1-3H3,(H2,23,31)/t10?,11?,12-,13-,14+,17+,21-,22-/m1/s1. The summed E-state index contributed by atoms with van der Waals surface area (Å²) in [6.07, 6.45) is -1.90. The molecule has 0 radical (unpaired) electrons. The molecule has 1 aromatic carbocycles. The van der Waals surface area contributed by atoms with E-state index in [1.165, 1.54) is 44.1 Å². The number of ketones is 4. The van der Waals surface area contributed by atoms with Crippen LogP contribution in [0.3, 0.4) is 0 Å². The Balaban J connectivity index is 2.01. The van der Waals surface area contributed by atoms with Gasteiger partial charge in [-0.1, -0.05) is 12.1 Å². The lowest BCUT2D eigenvalue weighted by molar-refractivity contribution is -0.210. The molecule has 3 aliphatic rings. The van der Waals surface area contributed by atoms with Crippen molar-refractivity contribution in [2.75, 3.05) is 14.1 Å². The van der Waals surface area contributed by atoms with Crippen LogP contribution in [0.2, 0.25) is 0 Å². The van der Waals surface area contributed by atoms with Gasteiger partial charge in [-0.25, -0.2) is 0 Å². The third-order valence-corrected chi connectivity index (χ3v) is 7.40. The van der Waals surface area contributed by atoms with E-state index in [9.17, 15) is 44.4 Å². The Morgan fingerprint density at radius 1 is 1.06 bits per heavy atom. The fraction of sp³-hybridized carbons (Fsp3) is 0.500. The Morgan fingerprint density at radius 2 is 1.67 bits per heavy atom. The number of benzene rings is 1. The molecule has 4 rings (SSSR count). The number of nitrogens with two attached hydrogens (primary N) is 1. The number of primary amides is 1. The maximum atomic E-state index is 13.7. The molecule has 2 fully saturated rings. The average molecular weight is 460 g/mol. The number of rotatable bonds is 2. The number of phenols is 1. The third-order valence-electron chi connectivity index (χ3n) is 7.40. The van der Waals surface area contributed by atoms with E-state index < -0.39 is 81.8 Å². The van der Waals surface area contributed by atoms with Gasteiger partial charge in [-0.3, -0.25) is 28.9 Å². The van der Waals surface area contributed by atoms with Gasteiger partial charge in [0, 0.05) is 5.92 Å². The zero-order valence-corrected chi connectivity index (χ0v) is 18.1. The molecule has 176 valence electrons. The summed E-state index contributed by atoms with van der Waals surface area (Å²) in [6.45, 7) is 1.24. The number of aliphatic hydroxyl groups excluding tert-OH is 1. The molecule has 0 saturated heterocycles. The fourth-order valence-electron chi connectivity index (χ4n) is 5.97. The Labute approximate surface area is 187 Å². The minimum absolute atomic E-state index is 0.0454. The van der Waals surface area contributed by atoms with Crippen LogP contribution in [0.25, 0.3) is 0 Å². The predicted octanol–water partition coefficient (Wildman–Crippen LogP) is -2.50. The van der Waals surface area contributed by atoms with Gasteiger partial charge in [0.15, 0.2) is 34.7 Å². The summed E-state index contributed by atoms with van der Waals surface area (Å²) in [7, 11) is 2.77. The molecule has 3 aliphatic carbocycles. The Kier molecular flexibility index (Phi) is 4.92.